The summed E-state index contributed by atoms with van der Waals surface area (Å²) in [6, 6.07) is 29.6. The molecule has 1 saturated heterocycles. The summed E-state index contributed by atoms with van der Waals surface area (Å²) in [5.74, 6) is 1.95. The molecule has 0 saturated carbocycles. The molecule has 1 aliphatic heterocycles. The summed E-state index contributed by atoms with van der Waals surface area (Å²) in [5.41, 5.74) is 3.68. The van der Waals surface area contributed by atoms with Gasteiger partial charge in [0.2, 0.25) is 5.91 Å². The third-order valence-corrected chi connectivity index (χ3v) is 6.76. The lowest BCUT2D eigenvalue weighted by Gasteiger charge is -2.37. The molecule has 7 nitrogen and oxygen atoms in total. The fraction of sp³-hybridized carbons (Fsp3) is 0.233. The number of nitrogens with zero attached hydrogens (tertiary/aromatic N) is 4. The number of piperazine rings is 1. The van der Waals surface area contributed by atoms with E-state index < -0.39 is 0 Å². The summed E-state index contributed by atoms with van der Waals surface area (Å²) >= 11 is 0. The summed E-state index contributed by atoms with van der Waals surface area (Å²) in [7, 11) is 3.23. The SMILES string of the molecule is COc1ccc(-c2ccc(N3CCN(C(=O)C(c4ccccc4)c4ccccc4)CC3)nn2)cc1OC. The van der Waals surface area contributed by atoms with E-state index in [-0.39, 0.29) is 11.8 Å². The van der Waals surface area contributed by atoms with Gasteiger partial charge in [0.1, 0.15) is 0 Å². The number of aromatic nitrogens is 2. The van der Waals surface area contributed by atoms with E-state index in [0.29, 0.717) is 37.7 Å². The average Bonchev–Trinajstić information content (AvgIpc) is 2.98. The van der Waals surface area contributed by atoms with Crippen LogP contribution >= 0.6 is 0 Å². The Bertz CT molecular complexity index is 1280. The summed E-state index contributed by atoms with van der Waals surface area (Å²) in [5, 5.41) is 8.93. The number of carbonyl (C=O) groups excluding carboxylic acids is 1. The number of methoxy groups -OCH3 is 2. The lowest BCUT2D eigenvalue weighted by Crippen LogP contribution is -2.50. The summed E-state index contributed by atoms with van der Waals surface area (Å²) in [6.45, 7) is 2.67. The number of amides is 1. The van der Waals surface area contributed by atoms with Gasteiger partial charge in [-0.1, -0.05) is 60.7 Å². The number of rotatable bonds is 7. The van der Waals surface area contributed by atoms with Crippen molar-refractivity contribution in [1.29, 1.82) is 0 Å². The third-order valence-electron chi connectivity index (χ3n) is 6.76. The van der Waals surface area contributed by atoms with E-state index in [9.17, 15) is 4.79 Å². The van der Waals surface area contributed by atoms with Gasteiger partial charge in [0.15, 0.2) is 17.3 Å². The molecule has 5 rings (SSSR count). The molecule has 7 heteroatoms. The molecule has 0 N–H and O–H groups in total. The van der Waals surface area contributed by atoms with Crippen LogP contribution in [0.3, 0.4) is 0 Å². The number of benzene rings is 3. The van der Waals surface area contributed by atoms with Crippen LogP contribution in [0.15, 0.2) is 91.0 Å². The van der Waals surface area contributed by atoms with Crippen molar-refractivity contribution in [3.05, 3.63) is 102 Å². The van der Waals surface area contributed by atoms with Gasteiger partial charge in [0, 0.05) is 31.7 Å². The molecule has 1 amide bonds. The van der Waals surface area contributed by atoms with Crippen molar-refractivity contribution < 1.29 is 14.3 Å². The molecular weight excluding hydrogens is 464 g/mol. The average molecular weight is 495 g/mol. The van der Waals surface area contributed by atoms with Crippen LogP contribution in [0.2, 0.25) is 0 Å². The van der Waals surface area contributed by atoms with Gasteiger partial charge in [-0.15, -0.1) is 10.2 Å². The summed E-state index contributed by atoms with van der Waals surface area (Å²) < 4.78 is 10.7. The lowest BCUT2D eigenvalue weighted by molar-refractivity contribution is -0.132. The Morgan fingerprint density at radius 1 is 0.730 bits per heavy atom. The highest BCUT2D eigenvalue weighted by atomic mass is 16.5. The largest absolute Gasteiger partial charge is 0.493 e. The Hall–Kier alpha value is -4.39. The number of hydrogen-bond donors (Lipinski definition) is 0. The number of carbonyl (C=O) groups is 1. The van der Waals surface area contributed by atoms with Gasteiger partial charge in [-0.25, -0.2) is 0 Å². The zero-order valence-electron chi connectivity index (χ0n) is 21.1. The Kier molecular flexibility index (Phi) is 7.31. The highest BCUT2D eigenvalue weighted by Gasteiger charge is 2.30. The van der Waals surface area contributed by atoms with Crippen LogP contribution in [0.25, 0.3) is 11.3 Å². The number of hydrogen-bond acceptors (Lipinski definition) is 6. The standard InChI is InChI=1S/C30H30N4O3/c1-36-26-15-13-24(21-27(26)37-2)25-14-16-28(32-31-25)33-17-19-34(20-18-33)30(35)29(22-9-5-3-6-10-22)23-11-7-4-8-12-23/h3-16,21,29H,17-20H2,1-2H3. The maximum atomic E-state index is 13.7. The molecule has 0 unspecified atom stereocenters. The van der Waals surface area contributed by atoms with Crippen LogP contribution in [-0.2, 0) is 4.79 Å². The Labute approximate surface area is 217 Å². The van der Waals surface area contributed by atoms with Gasteiger partial charge in [-0.2, -0.15) is 0 Å². The third kappa shape index (κ3) is 5.26. The first-order chi connectivity index (χ1) is 18.2. The van der Waals surface area contributed by atoms with Crippen LogP contribution in [0, 0.1) is 0 Å². The molecule has 0 radical (unpaired) electrons. The minimum atomic E-state index is -0.311. The van der Waals surface area contributed by atoms with Gasteiger partial charge in [-0.3, -0.25) is 4.79 Å². The fourth-order valence-corrected chi connectivity index (χ4v) is 4.75. The Morgan fingerprint density at radius 2 is 1.35 bits per heavy atom. The lowest BCUT2D eigenvalue weighted by atomic mass is 9.90. The van der Waals surface area contributed by atoms with E-state index in [0.717, 1.165) is 28.2 Å². The highest BCUT2D eigenvalue weighted by molar-refractivity contribution is 5.87. The molecule has 1 aliphatic rings. The zero-order valence-corrected chi connectivity index (χ0v) is 21.1. The topological polar surface area (TPSA) is 67.8 Å². The molecule has 1 fully saturated rings. The van der Waals surface area contributed by atoms with E-state index in [1.807, 2.05) is 95.9 Å². The van der Waals surface area contributed by atoms with Crippen molar-refractivity contribution in [3.8, 4) is 22.8 Å². The molecule has 0 spiro atoms. The van der Waals surface area contributed by atoms with Crippen molar-refractivity contribution in [2.75, 3.05) is 45.3 Å². The fourth-order valence-electron chi connectivity index (χ4n) is 4.75. The molecule has 188 valence electrons. The molecule has 2 heterocycles. The first-order valence-corrected chi connectivity index (χ1v) is 12.4. The van der Waals surface area contributed by atoms with Crippen molar-refractivity contribution in [2.45, 2.75) is 5.92 Å². The summed E-state index contributed by atoms with van der Waals surface area (Å²) in [6.07, 6.45) is 0. The normalized spacial score (nSPS) is 13.5. The Balaban J connectivity index is 1.27. The van der Waals surface area contributed by atoms with Crippen LogP contribution < -0.4 is 14.4 Å². The second-order valence-corrected chi connectivity index (χ2v) is 8.91. The van der Waals surface area contributed by atoms with E-state index in [1.165, 1.54) is 0 Å². The molecule has 1 aromatic heterocycles. The van der Waals surface area contributed by atoms with Crippen LogP contribution in [0.5, 0.6) is 11.5 Å². The Morgan fingerprint density at radius 3 is 1.89 bits per heavy atom. The monoisotopic (exact) mass is 494 g/mol. The maximum Gasteiger partial charge on any atom is 0.234 e. The molecular formula is C30H30N4O3. The van der Waals surface area contributed by atoms with Crippen molar-refractivity contribution >= 4 is 11.7 Å². The molecule has 0 bridgehead atoms. The number of anilines is 1. The van der Waals surface area contributed by atoms with Gasteiger partial charge < -0.3 is 19.3 Å². The molecule has 37 heavy (non-hydrogen) atoms. The second kappa shape index (κ2) is 11.1. The minimum absolute atomic E-state index is 0.131. The van der Waals surface area contributed by atoms with Crippen molar-refractivity contribution in [2.24, 2.45) is 0 Å². The van der Waals surface area contributed by atoms with Gasteiger partial charge in [0.25, 0.3) is 0 Å². The first-order valence-electron chi connectivity index (χ1n) is 12.4. The quantitative estimate of drug-likeness (QED) is 0.373. The van der Waals surface area contributed by atoms with Crippen LogP contribution in [-0.4, -0.2) is 61.4 Å². The highest BCUT2D eigenvalue weighted by Crippen LogP contribution is 2.32. The second-order valence-electron chi connectivity index (χ2n) is 8.91. The van der Waals surface area contributed by atoms with E-state index in [4.69, 9.17) is 9.47 Å². The van der Waals surface area contributed by atoms with E-state index >= 15 is 0 Å². The number of ether oxygens (including phenoxy) is 2. The van der Waals surface area contributed by atoms with Gasteiger partial charge in [0.05, 0.1) is 25.8 Å². The van der Waals surface area contributed by atoms with Gasteiger partial charge >= 0.3 is 0 Å². The molecule has 4 aromatic rings. The predicted molar refractivity (Wildman–Crippen MR) is 144 cm³/mol. The molecule has 0 aliphatic carbocycles. The van der Waals surface area contributed by atoms with Crippen molar-refractivity contribution in [3.63, 3.8) is 0 Å². The van der Waals surface area contributed by atoms with E-state index in [1.54, 1.807) is 14.2 Å². The zero-order chi connectivity index (χ0) is 25.6. The van der Waals surface area contributed by atoms with Gasteiger partial charge in [-0.05, 0) is 41.5 Å². The maximum absolute atomic E-state index is 13.7. The molecule has 3 aromatic carbocycles. The van der Waals surface area contributed by atoms with Crippen LogP contribution in [0.4, 0.5) is 5.82 Å². The molecule has 0 atom stereocenters. The summed E-state index contributed by atoms with van der Waals surface area (Å²) in [4.78, 5) is 17.8. The van der Waals surface area contributed by atoms with Crippen LogP contribution in [0.1, 0.15) is 17.0 Å². The smallest absolute Gasteiger partial charge is 0.234 e. The predicted octanol–water partition coefficient (Wildman–Crippen LogP) is 4.64. The van der Waals surface area contributed by atoms with Crippen molar-refractivity contribution in [1.82, 2.24) is 15.1 Å². The van der Waals surface area contributed by atoms with E-state index in [2.05, 4.69) is 15.1 Å². The first kappa shape index (κ1) is 24.3. The minimum Gasteiger partial charge on any atom is -0.493 e.